The Balaban J connectivity index is 1.75. The Kier molecular flexibility index (Phi) is 7.64. The van der Waals surface area contributed by atoms with Crippen LogP contribution in [0.1, 0.15) is 42.9 Å². The van der Waals surface area contributed by atoms with Crippen LogP contribution >= 0.6 is 0 Å². The Bertz CT molecular complexity index is 1270. The molecule has 0 bridgehead atoms. The third-order valence-corrected chi connectivity index (χ3v) is 6.56. The average Bonchev–Trinajstić information content (AvgIpc) is 3.44. The Morgan fingerprint density at radius 1 is 1.11 bits per heavy atom. The van der Waals surface area contributed by atoms with Crippen LogP contribution in [0.25, 0.3) is 11.0 Å². The van der Waals surface area contributed by atoms with Gasteiger partial charge in [-0.25, -0.2) is 0 Å². The number of likely N-dealkylation sites (N-methyl/N-ethyl adjacent to an activating group) is 1. The lowest BCUT2D eigenvalue weighted by Gasteiger charge is -2.29. The molecule has 8 heteroatoms. The topological polar surface area (TPSA) is 92.4 Å². The number of carbonyl (C=O) groups excluding carboxylic acids is 2. The highest BCUT2D eigenvalue weighted by molar-refractivity contribution is 6.16. The number of nitrogens with zero attached hydrogens (tertiary/aromatic N) is 2. The molecule has 1 aliphatic heterocycles. The van der Waals surface area contributed by atoms with Crippen LogP contribution in [0.4, 0.5) is 0 Å². The molecule has 0 spiro atoms. The molecular weight excluding hydrogens is 460 g/mol. The van der Waals surface area contributed by atoms with Crippen LogP contribution in [0.2, 0.25) is 0 Å². The molecule has 2 aromatic carbocycles. The Morgan fingerprint density at radius 3 is 2.47 bits per heavy atom. The van der Waals surface area contributed by atoms with E-state index in [1.807, 2.05) is 25.1 Å². The van der Waals surface area contributed by atoms with E-state index in [4.69, 9.17) is 13.9 Å². The van der Waals surface area contributed by atoms with Gasteiger partial charge in [-0.2, -0.15) is 0 Å². The van der Waals surface area contributed by atoms with Gasteiger partial charge in [0.25, 0.3) is 5.91 Å². The van der Waals surface area contributed by atoms with Gasteiger partial charge in [-0.1, -0.05) is 38.1 Å². The predicted octanol–water partition coefficient (Wildman–Crippen LogP) is 4.76. The highest BCUT2D eigenvalue weighted by Crippen LogP contribution is 2.40. The summed E-state index contributed by atoms with van der Waals surface area (Å²) in [6, 6.07) is 13.5. The number of hydrogen-bond acceptors (Lipinski definition) is 7. The van der Waals surface area contributed by atoms with Crippen molar-refractivity contribution in [1.29, 1.82) is 0 Å². The van der Waals surface area contributed by atoms with Crippen LogP contribution in [0.3, 0.4) is 0 Å². The molecule has 2 heterocycles. The number of Topliss-reactive ketones (excluding diaryl/α,β-unsaturated/α-hetero) is 1. The molecule has 1 aromatic heterocycles. The summed E-state index contributed by atoms with van der Waals surface area (Å²) >= 11 is 0. The molecule has 1 N–H and O–H groups in total. The molecule has 0 saturated carbocycles. The number of rotatable bonds is 11. The van der Waals surface area contributed by atoms with Crippen molar-refractivity contribution in [2.45, 2.75) is 26.8 Å². The molecule has 0 saturated heterocycles. The van der Waals surface area contributed by atoms with E-state index in [1.54, 1.807) is 35.2 Å². The van der Waals surface area contributed by atoms with E-state index in [-0.39, 0.29) is 11.3 Å². The third kappa shape index (κ3) is 4.68. The van der Waals surface area contributed by atoms with Crippen LogP contribution < -0.4 is 9.47 Å². The second kappa shape index (κ2) is 10.9. The molecule has 36 heavy (non-hydrogen) atoms. The summed E-state index contributed by atoms with van der Waals surface area (Å²) in [6.07, 6.45) is 0. The largest absolute Gasteiger partial charge is 0.503 e. The molecule has 190 valence electrons. The number of methoxy groups -OCH3 is 1. The van der Waals surface area contributed by atoms with Gasteiger partial charge in [-0.05, 0) is 49.8 Å². The lowest BCUT2D eigenvalue weighted by atomic mass is 9.95. The number of hydrogen-bond donors (Lipinski definition) is 1. The molecular formula is C28H32N2O6. The van der Waals surface area contributed by atoms with Crippen molar-refractivity contribution in [3.63, 3.8) is 0 Å². The van der Waals surface area contributed by atoms with Gasteiger partial charge in [-0.3, -0.25) is 9.59 Å². The summed E-state index contributed by atoms with van der Waals surface area (Å²) in [4.78, 5) is 30.7. The van der Waals surface area contributed by atoms with Crippen molar-refractivity contribution in [3.8, 4) is 11.5 Å². The van der Waals surface area contributed by atoms with Crippen molar-refractivity contribution < 1.29 is 28.6 Å². The number of carbonyl (C=O) groups is 2. The van der Waals surface area contributed by atoms with E-state index in [0.717, 1.165) is 13.1 Å². The molecule has 0 unspecified atom stereocenters. The standard InChI is InChI=1S/C28H32N2O6/c1-5-29(6-2)15-16-30-24(18-11-13-20(14-12-18)35-7-3)23(26(32)28(30)33)25(31)22-17-19-9-8-10-21(34-4)27(19)36-22/h8-14,17,24,32H,5-7,15-16H2,1-4H3/t24-/m0/s1. The summed E-state index contributed by atoms with van der Waals surface area (Å²) in [5, 5.41) is 11.6. The van der Waals surface area contributed by atoms with Gasteiger partial charge in [0.05, 0.1) is 25.3 Å². The minimum Gasteiger partial charge on any atom is -0.503 e. The zero-order chi connectivity index (χ0) is 25.8. The number of aliphatic hydroxyl groups is 1. The summed E-state index contributed by atoms with van der Waals surface area (Å²) in [5.41, 5.74) is 1.14. The summed E-state index contributed by atoms with van der Waals surface area (Å²) < 4.78 is 16.8. The SMILES string of the molecule is CCOc1ccc([C@H]2C(C(=O)c3cc4cccc(OC)c4o3)=C(O)C(=O)N2CCN(CC)CC)cc1. The Morgan fingerprint density at radius 2 is 1.83 bits per heavy atom. The Labute approximate surface area is 210 Å². The first-order valence-electron chi connectivity index (χ1n) is 12.2. The van der Waals surface area contributed by atoms with Gasteiger partial charge >= 0.3 is 0 Å². The molecule has 3 aromatic rings. The van der Waals surface area contributed by atoms with Crippen molar-refractivity contribution in [2.24, 2.45) is 0 Å². The molecule has 0 fully saturated rings. The van der Waals surface area contributed by atoms with Crippen LogP contribution in [0.5, 0.6) is 11.5 Å². The quantitative estimate of drug-likeness (QED) is 0.386. The highest BCUT2D eigenvalue weighted by Gasteiger charge is 2.44. The Hall–Kier alpha value is -3.78. The molecule has 0 aliphatic carbocycles. The van der Waals surface area contributed by atoms with Gasteiger partial charge in [0.2, 0.25) is 5.78 Å². The number of furan rings is 1. The number of fused-ring (bicyclic) bond motifs is 1. The molecule has 1 amide bonds. The van der Waals surface area contributed by atoms with Crippen molar-refractivity contribution in [1.82, 2.24) is 9.80 Å². The van der Waals surface area contributed by atoms with Crippen molar-refractivity contribution in [3.05, 3.63) is 71.2 Å². The smallest absolute Gasteiger partial charge is 0.290 e. The van der Waals surface area contributed by atoms with E-state index in [2.05, 4.69) is 18.7 Å². The van der Waals surface area contributed by atoms with E-state index >= 15 is 0 Å². The molecule has 1 atom stereocenters. The fraction of sp³-hybridized carbons (Fsp3) is 0.357. The van der Waals surface area contributed by atoms with Crippen LogP contribution in [-0.2, 0) is 4.79 Å². The second-order valence-electron chi connectivity index (χ2n) is 8.51. The van der Waals surface area contributed by atoms with Gasteiger partial charge in [0.1, 0.15) is 5.75 Å². The molecule has 1 aliphatic rings. The summed E-state index contributed by atoms with van der Waals surface area (Å²) in [5.74, 6) is -0.445. The van der Waals surface area contributed by atoms with Gasteiger partial charge in [-0.15, -0.1) is 0 Å². The molecule has 8 nitrogen and oxygen atoms in total. The maximum absolute atomic E-state index is 13.8. The van der Waals surface area contributed by atoms with Crippen LogP contribution in [0.15, 0.2) is 64.3 Å². The summed E-state index contributed by atoms with van der Waals surface area (Å²) in [6.45, 7) is 9.17. The fourth-order valence-electron chi connectivity index (χ4n) is 4.61. The van der Waals surface area contributed by atoms with Crippen LogP contribution in [-0.4, -0.2) is 66.5 Å². The average molecular weight is 493 g/mol. The minimum absolute atomic E-state index is 0.00160. The number of benzene rings is 2. The van der Waals surface area contributed by atoms with E-state index < -0.39 is 23.5 Å². The first kappa shape index (κ1) is 25.3. The number of para-hydroxylation sites is 1. The lowest BCUT2D eigenvalue weighted by molar-refractivity contribution is -0.129. The minimum atomic E-state index is -0.758. The van der Waals surface area contributed by atoms with Gasteiger partial charge in [0, 0.05) is 18.5 Å². The van der Waals surface area contributed by atoms with Crippen molar-refractivity contribution >= 4 is 22.7 Å². The molecule has 0 radical (unpaired) electrons. The highest BCUT2D eigenvalue weighted by atomic mass is 16.5. The molecule has 4 rings (SSSR count). The third-order valence-electron chi connectivity index (χ3n) is 6.56. The second-order valence-corrected chi connectivity index (χ2v) is 8.51. The van der Waals surface area contributed by atoms with Gasteiger partial charge in [0.15, 0.2) is 22.9 Å². The number of ether oxygens (including phenoxy) is 2. The van der Waals surface area contributed by atoms with Crippen molar-refractivity contribution in [2.75, 3.05) is 39.9 Å². The lowest BCUT2D eigenvalue weighted by Crippen LogP contribution is -2.38. The number of aliphatic hydroxyl groups excluding tert-OH is 1. The summed E-state index contributed by atoms with van der Waals surface area (Å²) in [7, 11) is 1.53. The first-order valence-corrected chi connectivity index (χ1v) is 12.2. The monoisotopic (exact) mass is 492 g/mol. The fourth-order valence-corrected chi connectivity index (χ4v) is 4.61. The number of ketones is 1. The predicted molar refractivity (Wildman–Crippen MR) is 137 cm³/mol. The maximum atomic E-state index is 13.8. The zero-order valence-corrected chi connectivity index (χ0v) is 21.1. The van der Waals surface area contributed by atoms with E-state index in [9.17, 15) is 14.7 Å². The van der Waals surface area contributed by atoms with E-state index in [1.165, 1.54) is 7.11 Å². The number of amides is 1. The normalized spacial score (nSPS) is 15.9. The zero-order valence-electron chi connectivity index (χ0n) is 21.1. The van der Waals surface area contributed by atoms with Crippen LogP contribution in [0, 0.1) is 0 Å². The first-order chi connectivity index (χ1) is 17.4. The van der Waals surface area contributed by atoms with E-state index in [0.29, 0.717) is 47.7 Å². The maximum Gasteiger partial charge on any atom is 0.290 e. The van der Waals surface area contributed by atoms with Gasteiger partial charge < -0.3 is 28.8 Å².